The Kier molecular flexibility index (Phi) is 5.61. The average molecular weight is 265 g/mol. The van der Waals surface area contributed by atoms with Gasteiger partial charge in [0.2, 0.25) is 0 Å². The van der Waals surface area contributed by atoms with Crippen molar-refractivity contribution in [3.05, 3.63) is 0 Å². The minimum Gasteiger partial charge on any atom is -0.302 e. The molecule has 0 bridgehead atoms. The highest BCUT2D eigenvalue weighted by Crippen LogP contribution is 2.18. The van der Waals surface area contributed by atoms with Gasteiger partial charge in [-0.3, -0.25) is 0 Å². The van der Waals surface area contributed by atoms with Gasteiger partial charge in [0.1, 0.15) is 0 Å². The first-order valence-electron chi connectivity index (χ1n) is 5.96. The van der Waals surface area contributed by atoms with Gasteiger partial charge in [-0.05, 0) is 44.5 Å². The Morgan fingerprint density at radius 2 is 2.12 bits per heavy atom. The summed E-state index contributed by atoms with van der Waals surface area (Å²) in [6.07, 6.45) is 3.08. The lowest BCUT2D eigenvalue weighted by Gasteiger charge is -2.24. The molecule has 1 aliphatic heterocycles. The highest BCUT2D eigenvalue weighted by atomic mass is 32.2. The van der Waals surface area contributed by atoms with E-state index in [0.717, 1.165) is 31.6 Å². The molecule has 0 amide bonds. The van der Waals surface area contributed by atoms with Crippen molar-refractivity contribution in [1.29, 1.82) is 0 Å². The predicted molar refractivity (Wildman–Crippen MR) is 71.9 cm³/mol. The van der Waals surface area contributed by atoms with Crippen LogP contribution in [0.1, 0.15) is 26.2 Å². The molecular weight excluding hydrogens is 242 g/mol. The Bertz CT molecular complexity index is 303. The van der Waals surface area contributed by atoms with Crippen LogP contribution in [-0.2, 0) is 9.84 Å². The molecule has 16 heavy (non-hydrogen) atoms. The van der Waals surface area contributed by atoms with Crippen LogP contribution in [0, 0.1) is 5.92 Å². The van der Waals surface area contributed by atoms with Crippen molar-refractivity contribution in [3.8, 4) is 0 Å². The number of thiol groups is 1. The van der Waals surface area contributed by atoms with Crippen molar-refractivity contribution in [1.82, 2.24) is 4.90 Å². The molecule has 0 aromatic heterocycles. The van der Waals surface area contributed by atoms with Gasteiger partial charge in [0, 0.05) is 6.04 Å². The van der Waals surface area contributed by atoms with E-state index in [0.29, 0.717) is 17.4 Å². The first kappa shape index (κ1) is 14.3. The van der Waals surface area contributed by atoms with E-state index in [1.807, 2.05) is 7.05 Å². The number of rotatable bonds is 6. The minimum absolute atomic E-state index is 0.244. The SMILES string of the molecule is CC(CCS)CCN(C)C1CCS(=O)(=O)C1. The van der Waals surface area contributed by atoms with E-state index in [1.54, 1.807) is 0 Å². The van der Waals surface area contributed by atoms with Crippen LogP contribution in [0.2, 0.25) is 0 Å². The molecule has 0 aromatic rings. The highest BCUT2D eigenvalue weighted by Gasteiger charge is 2.30. The quantitative estimate of drug-likeness (QED) is 0.739. The van der Waals surface area contributed by atoms with Crippen LogP contribution in [0.4, 0.5) is 0 Å². The van der Waals surface area contributed by atoms with Gasteiger partial charge in [0.05, 0.1) is 11.5 Å². The second-order valence-electron chi connectivity index (χ2n) is 4.94. The third-order valence-electron chi connectivity index (χ3n) is 3.43. The molecule has 0 N–H and O–H groups in total. The Balaban J connectivity index is 2.28. The first-order chi connectivity index (χ1) is 7.44. The van der Waals surface area contributed by atoms with Crippen molar-refractivity contribution >= 4 is 22.5 Å². The number of nitrogens with zero attached hydrogens (tertiary/aromatic N) is 1. The van der Waals surface area contributed by atoms with Crippen molar-refractivity contribution in [2.45, 2.75) is 32.2 Å². The molecule has 1 rings (SSSR count). The van der Waals surface area contributed by atoms with Gasteiger partial charge in [-0.1, -0.05) is 6.92 Å². The summed E-state index contributed by atoms with van der Waals surface area (Å²) >= 11 is 4.22. The van der Waals surface area contributed by atoms with Crippen LogP contribution < -0.4 is 0 Å². The van der Waals surface area contributed by atoms with Gasteiger partial charge < -0.3 is 4.90 Å². The standard InChI is InChI=1S/C11H23NO2S2/c1-10(4-7-15)3-6-12(2)11-5-8-16(13,14)9-11/h10-11,15H,3-9H2,1-2H3. The molecule has 0 radical (unpaired) electrons. The van der Waals surface area contributed by atoms with E-state index < -0.39 is 9.84 Å². The topological polar surface area (TPSA) is 37.4 Å². The van der Waals surface area contributed by atoms with Crippen molar-refractivity contribution < 1.29 is 8.42 Å². The fourth-order valence-electron chi connectivity index (χ4n) is 2.09. The zero-order chi connectivity index (χ0) is 12.2. The van der Waals surface area contributed by atoms with Gasteiger partial charge in [0.25, 0.3) is 0 Å². The minimum atomic E-state index is -2.74. The molecule has 3 nitrogen and oxygen atoms in total. The average Bonchev–Trinajstić information content (AvgIpc) is 2.56. The molecule has 0 aromatic carbocycles. The van der Waals surface area contributed by atoms with E-state index in [4.69, 9.17) is 0 Å². The second kappa shape index (κ2) is 6.26. The summed E-state index contributed by atoms with van der Waals surface area (Å²) in [6.45, 7) is 3.23. The Morgan fingerprint density at radius 3 is 2.62 bits per heavy atom. The third-order valence-corrected chi connectivity index (χ3v) is 5.44. The zero-order valence-electron chi connectivity index (χ0n) is 10.2. The van der Waals surface area contributed by atoms with Gasteiger partial charge in [0.15, 0.2) is 9.84 Å². The number of sulfone groups is 1. The van der Waals surface area contributed by atoms with Gasteiger partial charge in [-0.25, -0.2) is 8.42 Å². The first-order valence-corrected chi connectivity index (χ1v) is 8.41. The largest absolute Gasteiger partial charge is 0.302 e. The summed E-state index contributed by atoms with van der Waals surface area (Å²) in [4.78, 5) is 2.21. The predicted octanol–water partition coefficient (Wildman–Crippen LogP) is 1.45. The normalized spacial score (nSPS) is 26.1. The molecule has 0 spiro atoms. The van der Waals surface area contributed by atoms with Crippen LogP contribution >= 0.6 is 12.6 Å². The Morgan fingerprint density at radius 1 is 1.44 bits per heavy atom. The molecule has 5 heteroatoms. The van der Waals surface area contributed by atoms with Crippen LogP contribution in [0.15, 0.2) is 0 Å². The summed E-state index contributed by atoms with van der Waals surface area (Å²) < 4.78 is 22.7. The van der Waals surface area contributed by atoms with Crippen LogP contribution in [-0.4, -0.2) is 50.2 Å². The maximum atomic E-state index is 11.3. The summed E-state index contributed by atoms with van der Waals surface area (Å²) in [5.74, 6) is 2.33. The summed E-state index contributed by atoms with van der Waals surface area (Å²) in [6, 6.07) is 0.244. The molecule has 1 fully saturated rings. The third kappa shape index (κ3) is 4.63. The monoisotopic (exact) mass is 265 g/mol. The van der Waals surface area contributed by atoms with E-state index in [1.165, 1.54) is 0 Å². The molecular formula is C11H23NO2S2. The Hall–Kier alpha value is 0.260. The fraction of sp³-hybridized carbons (Fsp3) is 1.00. The van der Waals surface area contributed by atoms with Crippen LogP contribution in [0.3, 0.4) is 0 Å². The van der Waals surface area contributed by atoms with Crippen molar-refractivity contribution in [3.63, 3.8) is 0 Å². The lowest BCUT2D eigenvalue weighted by Crippen LogP contribution is -2.34. The van der Waals surface area contributed by atoms with Gasteiger partial charge in [-0.15, -0.1) is 0 Å². The summed E-state index contributed by atoms with van der Waals surface area (Å²) in [5, 5.41) is 0. The Labute approximate surface area is 105 Å². The number of hydrogen-bond acceptors (Lipinski definition) is 4. The summed E-state index contributed by atoms with van der Waals surface area (Å²) in [5.41, 5.74) is 0. The number of hydrogen-bond donors (Lipinski definition) is 1. The second-order valence-corrected chi connectivity index (χ2v) is 7.62. The van der Waals surface area contributed by atoms with Crippen molar-refractivity contribution in [2.24, 2.45) is 5.92 Å². The van der Waals surface area contributed by atoms with Crippen molar-refractivity contribution in [2.75, 3.05) is 30.9 Å². The summed E-state index contributed by atoms with van der Waals surface area (Å²) in [7, 11) is -0.703. The molecule has 1 aliphatic rings. The highest BCUT2D eigenvalue weighted by molar-refractivity contribution is 7.91. The van der Waals surface area contributed by atoms with Crippen LogP contribution in [0.5, 0.6) is 0 Å². The van der Waals surface area contributed by atoms with Gasteiger partial charge >= 0.3 is 0 Å². The molecule has 0 saturated carbocycles. The molecule has 96 valence electrons. The maximum absolute atomic E-state index is 11.3. The van der Waals surface area contributed by atoms with E-state index in [9.17, 15) is 8.42 Å². The van der Waals surface area contributed by atoms with Gasteiger partial charge in [-0.2, -0.15) is 12.6 Å². The smallest absolute Gasteiger partial charge is 0.151 e. The molecule has 2 unspecified atom stereocenters. The lowest BCUT2D eigenvalue weighted by atomic mass is 10.0. The lowest BCUT2D eigenvalue weighted by molar-refractivity contribution is 0.243. The zero-order valence-corrected chi connectivity index (χ0v) is 11.9. The van der Waals surface area contributed by atoms with E-state index in [2.05, 4.69) is 24.5 Å². The molecule has 1 heterocycles. The van der Waals surface area contributed by atoms with E-state index >= 15 is 0 Å². The fourth-order valence-corrected chi connectivity index (χ4v) is 4.34. The molecule has 2 atom stereocenters. The van der Waals surface area contributed by atoms with Crippen LogP contribution in [0.25, 0.3) is 0 Å². The molecule has 0 aliphatic carbocycles. The van der Waals surface area contributed by atoms with E-state index in [-0.39, 0.29) is 6.04 Å². The molecule has 1 saturated heterocycles. The maximum Gasteiger partial charge on any atom is 0.151 e.